The molecule has 1 heterocycles. The molecule has 168 valence electrons. The summed E-state index contributed by atoms with van der Waals surface area (Å²) in [5.74, 6) is 4.89. The van der Waals surface area contributed by atoms with Crippen LogP contribution in [0, 0.1) is 18.3 Å². The van der Waals surface area contributed by atoms with Crippen molar-refractivity contribution >= 4 is 5.57 Å². The fraction of sp³-hybridized carbons (Fsp3) is 0.333. The summed E-state index contributed by atoms with van der Waals surface area (Å²) >= 11 is 0. The molecule has 3 aliphatic rings. The molecular weight excluding hydrogens is 406 g/mol. The Balaban J connectivity index is 1.74. The van der Waals surface area contributed by atoms with Crippen LogP contribution >= 0.6 is 0 Å². The van der Waals surface area contributed by atoms with E-state index in [-0.39, 0.29) is 30.0 Å². The fourth-order valence-electron chi connectivity index (χ4n) is 6.04. The van der Waals surface area contributed by atoms with E-state index in [4.69, 9.17) is 15.9 Å². The van der Waals surface area contributed by atoms with Gasteiger partial charge in [0.1, 0.15) is 18.1 Å². The number of rotatable bonds is 4. The second-order valence-corrected chi connectivity index (χ2v) is 9.77. The van der Waals surface area contributed by atoms with E-state index < -0.39 is 0 Å². The lowest BCUT2D eigenvalue weighted by atomic mass is 9.64. The smallest absolute Gasteiger partial charge is 0.148 e. The zero-order valence-electron chi connectivity index (χ0n) is 19.8. The molecule has 0 radical (unpaired) electrons. The van der Waals surface area contributed by atoms with Crippen LogP contribution in [0.3, 0.4) is 0 Å². The molecule has 2 aliphatic carbocycles. The van der Waals surface area contributed by atoms with Crippen LogP contribution in [0.4, 0.5) is 0 Å². The van der Waals surface area contributed by atoms with Gasteiger partial charge in [0.05, 0.1) is 7.11 Å². The molecule has 0 fully saturated rings. The number of para-hydroxylation sites is 1. The number of fused-ring (bicyclic) bond motifs is 4. The second-order valence-electron chi connectivity index (χ2n) is 9.77. The lowest BCUT2D eigenvalue weighted by Crippen LogP contribution is -2.53. The number of hydrogen-bond acceptors (Lipinski definition) is 3. The molecule has 0 spiro atoms. The van der Waals surface area contributed by atoms with E-state index in [0.29, 0.717) is 0 Å². The Bertz CT molecular complexity index is 1220. The highest BCUT2D eigenvalue weighted by Crippen LogP contribution is 2.53. The molecule has 1 N–H and O–H groups in total. The van der Waals surface area contributed by atoms with Gasteiger partial charge in [-0.05, 0) is 56.0 Å². The van der Waals surface area contributed by atoms with Crippen molar-refractivity contribution in [3.8, 4) is 23.8 Å². The van der Waals surface area contributed by atoms with Crippen molar-refractivity contribution in [1.82, 2.24) is 5.32 Å². The van der Waals surface area contributed by atoms with E-state index >= 15 is 0 Å². The standard InChI is InChI=1S/C30H31NO2/c1-6-16-33-25-12-8-7-11-21(25)23-17-20-10-9-13-26(32-5)28(20)22-14-15-24-27(29(22)23)19(2)18-30(3,4)31-24/h1,7-15,18,23-24,27,31H,16-17H2,2-5H3. The Hall–Kier alpha value is -3.22. The Labute approximate surface area is 197 Å². The average molecular weight is 438 g/mol. The lowest BCUT2D eigenvalue weighted by molar-refractivity contribution is 0.344. The Morgan fingerprint density at radius 3 is 2.70 bits per heavy atom. The van der Waals surface area contributed by atoms with Crippen LogP contribution < -0.4 is 14.8 Å². The third kappa shape index (κ3) is 3.69. The van der Waals surface area contributed by atoms with Gasteiger partial charge in [0.2, 0.25) is 0 Å². The first-order chi connectivity index (χ1) is 15.9. The molecule has 5 rings (SSSR count). The van der Waals surface area contributed by atoms with Crippen molar-refractivity contribution < 1.29 is 9.47 Å². The van der Waals surface area contributed by atoms with Crippen LogP contribution in [-0.2, 0) is 6.42 Å². The Kier molecular flexibility index (Phi) is 5.43. The van der Waals surface area contributed by atoms with Gasteiger partial charge in [-0.2, -0.15) is 0 Å². The molecule has 0 saturated heterocycles. The minimum Gasteiger partial charge on any atom is -0.496 e. The summed E-state index contributed by atoms with van der Waals surface area (Å²) in [6, 6.07) is 15.0. The third-order valence-corrected chi connectivity index (χ3v) is 7.10. The summed E-state index contributed by atoms with van der Waals surface area (Å²) in [6.45, 7) is 7.02. The van der Waals surface area contributed by atoms with Crippen molar-refractivity contribution in [2.45, 2.75) is 44.7 Å². The topological polar surface area (TPSA) is 30.5 Å². The summed E-state index contributed by atoms with van der Waals surface area (Å²) in [5, 5.41) is 3.85. The average Bonchev–Trinajstić information content (AvgIpc) is 2.80. The van der Waals surface area contributed by atoms with Gasteiger partial charge in [-0.15, -0.1) is 6.42 Å². The van der Waals surface area contributed by atoms with Crippen LogP contribution in [0.1, 0.15) is 43.4 Å². The predicted molar refractivity (Wildman–Crippen MR) is 135 cm³/mol. The maximum atomic E-state index is 6.02. The van der Waals surface area contributed by atoms with Gasteiger partial charge in [-0.1, -0.05) is 60.1 Å². The van der Waals surface area contributed by atoms with Crippen LogP contribution in [-0.4, -0.2) is 25.3 Å². The van der Waals surface area contributed by atoms with Gasteiger partial charge >= 0.3 is 0 Å². The minimum atomic E-state index is -0.0404. The highest BCUT2D eigenvalue weighted by molar-refractivity contribution is 5.87. The summed E-state index contributed by atoms with van der Waals surface area (Å²) in [5.41, 5.74) is 7.81. The summed E-state index contributed by atoms with van der Waals surface area (Å²) in [6.07, 6.45) is 13.4. The van der Waals surface area contributed by atoms with E-state index in [1.165, 1.54) is 33.4 Å². The van der Waals surface area contributed by atoms with E-state index in [1.54, 1.807) is 7.11 Å². The summed E-state index contributed by atoms with van der Waals surface area (Å²) in [7, 11) is 1.76. The molecule has 0 amide bonds. The number of terminal acetylenes is 1. The van der Waals surface area contributed by atoms with Crippen molar-refractivity contribution in [2.24, 2.45) is 5.92 Å². The third-order valence-electron chi connectivity index (χ3n) is 7.10. The zero-order valence-corrected chi connectivity index (χ0v) is 19.8. The van der Waals surface area contributed by atoms with Crippen molar-refractivity contribution in [3.05, 3.63) is 88.5 Å². The van der Waals surface area contributed by atoms with Crippen LogP contribution in [0.2, 0.25) is 0 Å². The van der Waals surface area contributed by atoms with E-state index in [1.807, 2.05) is 12.1 Å². The number of ether oxygens (including phenoxy) is 2. The van der Waals surface area contributed by atoms with E-state index in [2.05, 4.69) is 80.6 Å². The fourth-order valence-corrected chi connectivity index (χ4v) is 6.04. The molecule has 1 aliphatic heterocycles. The first-order valence-corrected chi connectivity index (χ1v) is 11.6. The second kappa shape index (κ2) is 8.28. The molecule has 0 aromatic heterocycles. The largest absolute Gasteiger partial charge is 0.496 e. The molecule has 3 atom stereocenters. The molecule has 0 bridgehead atoms. The molecule has 3 heteroatoms. The van der Waals surface area contributed by atoms with Gasteiger partial charge in [-0.25, -0.2) is 0 Å². The molecule has 3 nitrogen and oxygen atoms in total. The number of allylic oxidation sites excluding steroid dienone is 2. The number of methoxy groups -OCH3 is 1. The molecule has 0 saturated carbocycles. The van der Waals surface area contributed by atoms with Gasteiger partial charge in [-0.3, -0.25) is 0 Å². The van der Waals surface area contributed by atoms with Crippen LogP contribution in [0.15, 0.2) is 71.8 Å². The summed E-state index contributed by atoms with van der Waals surface area (Å²) < 4.78 is 11.8. The van der Waals surface area contributed by atoms with Crippen molar-refractivity contribution in [3.63, 3.8) is 0 Å². The summed E-state index contributed by atoms with van der Waals surface area (Å²) in [4.78, 5) is 0. The minimum absolute atomic E-state index is 0.0404. The first kappa shape index (κ1) is 21.6. The number of nitrogens with one attached hydrogen (secondary N) is 1. The van der Waals surface area contributed by atoms with Crippen LogP contribution in [0.25, 0.3) is 5.57 Å². The maximum Gasteiger partial charge on any atom is 0.148 e. The Morgan fingerprint density at radius 2 is 1.91 bits per heavy atom. The molecule has 33 heavy (non-hydrogen) atoms. The maximum absolute atomic E-state index is 6.02. The predicted octanol–water partition coefficient (Wildman–Crippen LogP) is 5.68. The lowest BCUT2D eigenvalue weighted by Gasteiger charge is -2.46. The molecule has 2 aromatic rings. The molecular formula is C30H31NO2. The van der Waals surface area contributed by atoms with Crippen molar-refractivity contribution in [1.29, 1.82) is 0 Å². The molecule has 2 aromatic carbocycles. The van der Waals surface area contributed by atoms with Gasteiger partial charge in [0, 0.05) is 34.5 Å². The zero-order chi connectivity index (χ0) is 23.2. The Morgan fingerprint density at radius 1 is 1.12 bits per heavy atom. The first-order valence-electron chi connectivity index (χ1n) is 11.6. The normalized spacial score (nSPS) is 24.7. The highest BCUT2D eigenvalue weighted by atomic mass is 16.5. The van der Waals surface area contributed by atoms with E-state index in [9.17, 15) is 0 Å². The van der Waals surface area contributed by atoms with E-state index in [0.717, 1.165) is 17.9 Å². The number of hydrogen-bond donors (Lipinski definition) is 1. The van der Waals surface area contributed by atoms with Crippen molar-refractivity contribution in [2.75, 3.05) is 13.7 Å². The molecule has 3 unspecified atom stereocenters. The number of benzene rings is 2. The van der Waals surface area contributed by atoms with Gasteiger partial charge in [0.15, 0.2) is 0 Å². The van der Waals surface area contributed by atoms with Crippen LogP contribution in [0.5, 0.6) is 11.5 Å². The highest BCUT2D eigenvalue weighted by Gasteiger charge is 2.43. The van der Waals surface area contributed by atoms with Gasteiger partial charge in [0.25, 0.3) is 0 Å². The SMILES string of the molecule is C#CCOc1ccccc1C1Cc2cccc(OC)c2C2=C1C1C(C)=CC(C)(C)NC1C=C2. The monoisotopic (exact) mass is 437 g/mol. The quantitative estimate of drug-likeness (QED) is 0.493. The van der Waals surface area contributed by atoms with Gasteiger partial charge < -0.3 is 14.8 Å².